The highest BCUT2D eigenvalue weighted by Crippen LogP contribution is 2.33. The number of anilines is 1. The topological polar surface area (TPSA) is 86.8 Å². The molecule has 214 valence electrons. The molecule has 1 N–H and O–H groups in total. The van der Waals surface area contributed by atoms with Crippen molar-refractivity contribution in [3.05, 3.63) is 95.6 Å². The summed E-state index contributed by atoms with van der Waals surface area (Å²) in [4.78, 5) is 27.8. The zero-order valence-corrected chi connectivity index (χ0v) is 23.3. The third-order valence-corrected chi connectivity index (χ3v) is 8.18. The minimum Gasteiger partial charge on any atom is -0.354 e. The number of rotatable bonds is 11. The van der Waals surface area contributed by atoms with E-state index >= 15 is 0 Å². The maximum absolute atomic E-state index is 13.8. The Balaban J connectivity index is 2.08. The van der Waals surface area contributed by atoms with Crippen LogP contribution in [0.2, 0.25) is 0 Å². The maximum Gasteiger partial charge on any atom is 0.416 e. The normalized spacial score (nSPS) is 12.4. The molecule has 3 aromatic carbocycles. The van der Waals surface area contributed by atoms with E-state index in [2.05, 4.69) is 5.32 Å². The molecule has 0 aliphatic rings. The summed E-state index contributed by atoms with van der Waals surface area (Å²) in [6.45, 7) is 4.80. The molecule has 0 bridgehead atoms. The van der Waals surface area contributed by atoms with E-state index in [1.807, 2.05) is 26.0 Å². The van der Waals surface area contributed by atoms with Crippen molar-refractivity contribution in [3.63, 3.8) is 0 Å². The predicted molar refractivity (Wildman–Crippen MR) is 147 cm³/mol. The lowest BCUT2D eigenvalue weighted by atomic mass is 10.1. The Kier molecular flexibility index (Phi) is 9.97. The summed E-state index contributed by atoms with van der Waals surface area (Å²) in [6.07, 6.45) is -4.06. The number of halogens is 3. The number of nitrogens with zero attached hydrogens (tertiary/aromatic N) is 2. The highest BCUT2D eigenvalue weighted by atomic mass is 32.2. The number of benzene rings is 3. The fourth-order valence-corrected chi connectivity index (χ4v) is 5.46. The summed E-state index contributed by atoms with van der Waals surface area (Å²) in [6, 6.07) is 17.2. The van der Waals surface area contributed by atoms with Crippen LogP contribution in [0.4, 0.5) is 18.9 Å². The third-order valence-electron chi connectivity index (χ3n) is 6.39. The summed E-state index contributed by atoms with van der Waals surface area (Å²) in [5.41, 5.74) is 0.205. The van der Waals surface area contributed by atoms with Gasteiger partial charge in [-0.15, -0.1) is 0 Å². The second kappa shape index (κ2) is 13.0. The minimum absolute atomic E-state index is 0.00592. The molecular formula is C29H32F3N3O4S. The number of aryl methyl sites for hydroxylation is 1. The summed E-state index contributed by atoms with van der Waals surface area (Å²) >= 11 is 0. The van der Waals surface area contributed by atoms with Gasteiger partial charge in [-0.3, -0.25) is 13.9 Å². The SMILES string of the molecule is CCCNC(=O)[C@H](C)N(Cc1ccccc1C)C(=O)CN(c1cccc(C(F)(F)F)c1)S(=O)(=O)c1ccccc1. The molecule has 3 rings (SSSR count). The van der Waals surface area contributed by atoms with Crippen molar-refractivity contribution < 1.29 is 31.2 Å². The molecule has 0 aromatic heterocycles. The zero-order valence-electron chi connectivity index (χ0n) is 22.5. The number of amides is 2. The van der Waals surface area contributed by atoms with Crippen LogP contribution in [-0.2, 0) is 32.3 Å². The van der Waals surface area contributed by atoms with Gasteiger partial charge in [0, 0.05) is 13.1 Å². The fourth-order valence-electron chi connectivity index (χ4n) is 4.04. The van der Waals surface area contributed by atoms with Gasteiger partial charge in [0.05, 0.1) is 16.1 Å². The van der Waals surface area contributed by atoms with Crippen molar-refractivity contribution in [2.75, 3.05) is 17.4 Å². The molecule has 2 amide bonds. The average Bonchev–Trinajstić information content (AvgIpc) is 2.93. The molecule has 3 aromatic rings. The van der Waals surface area contributed by atoms with Gasteiger partial charge >= 0.3 is 6.18 Å². The van der Waals surface area contributed by atoms with Crippen LogP contribution < -0.4 is 9.62 Å². The molecule has 1 atom stereocenters. The van der Waals surface area contributed by atoms with Crippen LogP contribution in [0, 0.1) is 6.92 Å². The first-order valence-electron chi connectivity index (χ1n) is 12.7. The Morgan fingerprint density at radius 1 is 0.950 bits per heavy atom. The van der Waals surface area contributed by atoms with Gasteiger partial charge in [-0.2, -0.15) is 13.2 Å². The van der Waals surface area contributed by atoms with E-state index in [4.69, 9.17) is 0 Å². The van der Waals surface area contributed by atoms with Crippen LogP contribution in [0.1, 0.15) is 37.0 Å². The van der Waals surface area contributed by atoms with Crippen molar-refractivity contribution in [1.29, 1.82) is 0 Å². The highest BCUT2D eigenvalue weighted by molar-refractivity contribution is 7.92. The van der Waals surface area contributed by atoms with E-state index < -0.39 is 46.2 Å². The van der Waals surface area contributed by atoms with Crippen LogP contribution in [0.5, 0.6) is 0 Å². The zero-order chi connectivity index (χ0) is 29.5. The molecule has 0 saturated carbocycles. The second-order valence-corrected chi connectivity index (χ2v) is 11.2. The second-order valence-electron chi connectivity index (χ2n) is 9.29. The Hall–Kier alpha value is -3.86. The monoisotopic (exact) mass is 575 g/mol. The van der Waals surface area contributed by atoms with Gasteiger partial charge in [-0.25, -0.2) is 8.42 Å². The molecule has 40 heavy (non-hydrogen) atoms. The first kappa shape index (κ1) is 30.7. The molecule has 0 saturated heterocycles. The van der Waals surface area contributed by atoms with Crippen LogP contribution in [-0.4, -0.2) is 44.3 Å². The predicted octanol–water partition coefficient (Wildman–Crippen LogP) is 5.15. The third kappa shape index (κ3) is 7.41. The summed E-state index contributed by atoms with van der Waals surface area (Å²) in [7, 11) is -4.47. The van der Waals surface area contributed by atoms with E-state index in [1.54, 1.807) is 18.2 Å². The van der Waals surface area contributed by atoms with Crippen LogP contribution in [0.3, 0.4) is 0 Å². The van der Waals surface area contributed by atoms with Crippen LogP contribution in [0.15, 0.2) is 83.8 Å². The maximum atomic E-state index is 13.8. The van der Waals surface area contributed by atoms with Gasteiger partial charge in [0.1, 0.15) is 12.6 Å². The molecule has 0 heterocycles. The number of carbonyl (C=O) groups is 2. The number of hydrogen-bond acceptors (Lipinski definition) is 4. The Labute approximate surface area is 232 Å². The Bertz CT molecular complexity index is 1430. The van der Waals surface area contributed by atoms with Gasteiger partial charge < -0.3 is 10.2 Å². The van der Waals surface area contributed by atoms with E-state index in [9.17, 15) is 31.2 Å². The number of nitrogens with one attached hydrogen (secondary N) is 1. The fraction of sp³-hybridized carbons (Fsp3) is 0.310. The van der Waals surface area contributed by atoms with Crippen molar-refractivity contribution in [2.45, 2.75) is 50.9 Å². The van der Waals surface area contributed by atoms with Crippen molar-refractivity contribution in [1.82, 2.24) is 10.2 Å². The molecule has 0 fully saturated rings. The smallest absolute Gasteiger partial charge is 0.354 e. The molecule has 0 spiro atoms. The van der Waals surface area contributed by atoms with Gasteiger partial charge in [0.2, 0.25) is 11.8 Å². The number of sulfonamides is 1. The molecule has 0 radical (unpaired) electrons. The molecule has 0 unspecified atom stereocenters. The van der Waals surface area contributed by atoms with Gasteiger partial charge in [-0.05, 0) is 61.7 Å². The summed E-state index contributed by atoms with van der Waals surface area (Å²) in [5.74, 6) is -1.18. The van der Waals surface area contributed by atoms with Gasteiger partial charge in [0.25, 0.3) is 10.0 Å². The number of alkyl halides is 3. The van der Waals surface area contributed by atoms with Gasteiger partial charge in [0.15, 0.2) is 0 Å². The van der Waals surface area contributed by atoms with E-state index in [-0.39, 0.29) is 17.1 Å². The lowest BCUT2D eigenvalue weighted by molar-refractivity contribution is -0.139. The van der Waals surface area contributed by atoms with Crippen molar-refractivity contribution in [2.24, 2.45) is 0 Å². The summed E-state index contributed by atoms with van der Waals surface area (Å²) < 4.78 is 68.7. The molecule has 7 nitrogen and oxygen atoms in total. The minimum atomic E-state index is -4.73. The first-order valence-corrected chi connectivity index (χ1v) is 14.2. The molecular weight excluding hydrogens is 543 g/mol. The van der Waals surface area contributed by atoms with Crippen LogP contribution in [0.25, 0.3) is 0 Å². The van der Waals surface area contributed by atoms with Crippen molar-refractivity contribution >= 4 is 27.5 Å². The lowest BCUT2D eigenvalue weighted by Gasteiger charge is -2.32. The summed E-state index contributed by atoms with van der Waals surface area (Å²) in [5, 5.41) is 2.74. The Morgan fingerprint density at radius 2 is 1.60 bits per heavy atom. The molecule has 0 aliphatic heterocycles. The quantitative estimate of drug-likeness (QED) is 0.343. The van der Waals surface area contributed by atoms with Crippen LogP contribution >= 0.6 is 0 Å². The highest BCUT2D eigenvalue weighted by Gasteiger charge is 2.35. The van der Waals surface area contributed by atoms with Gasteiger partial charge in [-0.1, -0.05) is 55.5 Å². The Morgan fingerprint density at radius 3 is 2.23 bits per heavy atom. The van der Waals surface area contributed by atoms with E-state index in [1.165, 1.54) is 42.2 Å². The average molecular weight is 576 g/mol. The van der Waals surface area contributed by atoms with Crippen molar-refractivity contribution in [3.8, 4) is 0 Å². The molecule has 11 heteroatoms. The lowest BCUT2D eigenvalue weighted by Crippen LogP contribution is -2.51. The van der Waals surface area contributed by atoms with E-state index in [0.29, 0.717) is 23.3 Å². The molecule has 0 aliphatic carbocycles. The number of hydrogen-bond donors (Lipinski definition) is 1. The van der Waals surface area contributed by atoms with E-state index in [0.717, 1.165) is 23.3 Å². The number of carbonyl (C=O) groups excluding carboxylic acids is 2. The first-order chi connectivity index (χ1) is 18.9. The largest absolute Gasteiger partial charge is 0.416 e. The standard InChI is InChI=1S/C29H32F3N3O4S/c1-4-17-33-28(37)22(3)34(19-23-12-9-8-11-21(23)2)27(36)20-35(40(38,39)26-15-6-5-7-16-26)25-14-10-13-24(18-25)29(30,31)32/h5-16,18,22H,4,17,19-20H2,1-3H3,(H,33,37)/t22-/m0/s1.